The number of hydrogen-bond donors (Lipinski definition) is 1. The highest BCUT2D eigenvalue weighted by atomic mass is 79.9. The maximum Gasteiger partial charge on any atom is 0.323 e. The fourth-order valence-electron chi connectivity index (χ4n) is 1.69. The summed E-state index contributed by atoms with van der Waals surface area (Å²) in [6.07, 6.45) is 0. The van der Waals surface area contributed by atoms with Gasteiger partial charge in [0.15, 0.2) is 4.16 Å². The lowest BCUT2D eigenvalue weighted by Gasteiger charge is -2.13. The maximum absolute atomic E-state index is 12.0. The molecule has 0 aromatic heterocycles. The molecule has 0 heterocycles. The lowest BCUT2D eigenvalue weighted by molar-refractivity contribution is 0.480. The van der Waals surface area contributed by atoms with Crippen molar-refractivity contribution < 1.29 is 12.6 Å². The summed E-state index contributed by atoms with van der Waals surface area (Å²) in [5.74, 6) is 0.310. The van der Waals surface area contributed by atoms with E-state index in [9.17, 15) is 8.42 Å². The summed E-state index contributed by atoms with van der Waals surface area (Å²) in [6.45, 7) is 0.855. The second kappa shape index (κ2) is 7.59. The van der Waals surface area contributed by atoms with Crippen LogP contribution in [0.5, 0.6) is 5.75 Å². The van der Waals surface area contributed by atoms with E-state index in [4.69, 9.17) is 4.18 Å². The number of alkyl halides is 1. The third kappa shape index (κ3) is 5.15. The van der Waals surface area contributed by atoms with Crippen LogP contribution in [-0.2, 0) is 16.7 Å². The zero-order valence-corrected chi connectivity index (χ0v) is 13.7. The molecule has 2 rings (SSSR count). The van der Waals surface area contributed by atoms with Gasteiger partial charge in [0.1, 0.15) is 5.75 Å². The molecule has 0 saturated carbocycles. The molecule has 0 saturated heterocycles. The van der Waals surface area contributed by atoms with E-state index in [2.05, 4.69) is 21.2 Å². The number of nitrogens with one attached hydrogen (secondary N) is 1. The van der Waals surface area contributed by atoms with Crippen molar-refractivity contribution in [1.29, 1.82) is 0 Å². The smallest absolute Gasteiger partial charge is 0.323 e. The van der Waals surface area contributed by atoms with E-state index < -0.39 is 14.3 Å². The Hall–Kier alpha value is -1.37. The Balaban J connectivity index is 1.86. The van der Waals surface area contributed by atoms with E-state index in [0.29, 0.717) is 12.3 Å². The van der Waals surface area contributed by atoms with Crippen molar-refractivity contribution in [2.24, 2.45) is 0 Å². The Kier molecular flexibility index (Phi) is 5.78. The van der Waals surface area contributed by atoms with Crippen molar-refractivity contribution in [3.63, 3.8) is 0 Å². The zero-order chi connectivity index (χ0) is 15.1. The van der Waals surface area contributed by atoms with E-state index >= 15 is 0 Å². The lowest BCUT2D eigenvalue weighted by atomic mass is 10.2. The molecule has 0 spiro atoms. The number of halogens is 1. The molecule has 2 aromatic rings. The summed E-state index contributed by atoms with van der Waals surface area (Å²) in [6, 6.07) is 18.2. The first kappa shape index (κ1) is 16.0. The minimum Gasteiger partial charge on any atom is -0.382 e. The highest BCUT2D eigenvalue weighted by molar-refractivity contribution is 9.11. The average Bonchev–Trinajstić information content (AvgIpc) is 2.49. The van der Waals surface area contributed by atoms with Crippen molar-refractivity contribution in [1.82, 2.24) is 5.32 Å². The molecule has 4 nitrogen and oxygen atoms in total. The van der Waals surface area contributed by atoms with E-state index in [0.717, 1.165) is 5.56 Å². The van der Waals surface area contributed by atoms with Crippen LogP contribution in [0.15, 0.2) is 60.7 Å². The predicted molar refractivity (Wildman–Crippen MR) is 86.9 cm³/mol. The topological polar surface area (TPSA) is 55.4 Å². The van der Waals surface area contributed by atoms with Crippen LogP contribution in [0.3, 0.4) is 0 Å². The average molecular weight is 370 g/mol. The lowest BCUT2D eigenvalue weighted by Crippen LogP contribution is -2.31. The minimum atomic E-state index is -3.71. The molecule has 0 fully saturated rings. The number of benzene rings is 2. The third-order valence-corrected chi connectivity index (χ3v) is 5.66. The fraction of sp³-hybridized carbons (Fsp3) is 0.200. The standard InChI is InChI=1S/C15H16BrNO3S/c16-15(12-17-11-13-7-3-1-4-8-13)21(18,19)20-14-9-5-2-6-10-14/h1-10,15,17H,11-12H2. The molecule has 6 heteroatoms. The van der Waals surface area contributed by atoms with Crippen molar-refractivity contribution in [2.75, 3.05) is 6.54 Å². The Morgan fingerprint density at radius 3 is 2.19 bits per heavy atom. The number of hydrogen-bond acceptors (Lipinski definition) is 4. The Labute approximate surface area is 133 Å². The van der Waals surface area contributed by atoms with Crippen LogP contribution in [0.1, 0.15) is 5.56 Å². The normalized spacial score (nSPS) is 12.8. The summed E-state index contributed by atoms with van der Waals surface area (Å²) < 4.78 is 28.3. The maximum atomic E-state index is 12.0. The molecule has 0 radical (unpaired) electrons. The highest BCUT2D eigenvalue weighted by Gasteiger charge is 2.24. The van der Waals surface area contributed by atoms with Crippen molar-refractivity contribution in [3.05, 3.63) is 66.2 Å². The molecular formula is C15H16BrNO3S. The molecule has 1 unspecified atom stereocenters. The molecule has 0 amide bonds. The van der Waals surface area contributed by atoms with Crippen LogP contribution >= 0.6 is 15.9 Å². The van der Waals surface area contributed by atoms with Crippen LogP contribution in [0.25, 0.3) is 0 Å². The molecular weight excluding hydrogens is 354 g/mol. The minimum absolute atomic E-state index is 0.254. The van der Waals surface area contributed by atoms with Crippen LogP contribution < -0.4 is 9.50 Å². The van der Waals surface area contributed by atoms with Gasteiger partial charge in [-0.25, -0.2) is 0 Å². The van der Waals surface area contributed by atoms with E-state index in [1.54, 1.807) is 30.3 Å². The van der Waals surface area contributed by atoms with Gasteiger partial charge in [-0.3, -0.25) is 0 Å². The second-order valence-corrected chi connectivity index (χ2v) is 7.85. The summed E-state index contributed by atoms with van der Waals surface area (Å²) in [4.78, 5) is 0. The van der Waals surface area contributed by atoms with Gasteiger partial charge in [0.2, 0.25) is 0 Å². The van der Waals surface area contributed by atoms with Gasteiger partial charge >= 0.3 is 10.1 Å². The van der Waals surface area contributed by atoms with E-state index in [1.165, 1.54) is 0 Å². The zero-order valence-electron chi connectivity index (χ0n) is 11.3. The molecule has 1 N–H and O–H groups in total. The SMILES string of the molecule is O=S(=O)(Oc1ccccc1)C(Br)CNCc1ccccc1. The first-order valence-corrected chi connectivity index (χ1v) is 8.84. The molecule has 1 atom stereocenters. The predicted octanol–water partition coefficient (Wildman–Crippen LogP) is 2.91. The molecule has 0 aliphatic heterocycles. The molecule has 21 heavy (non-hydrogen) atoms. The molecule has 0 bridgehead atoms. The van der Waals surface area contributed by atoms with E-state index in [1.807, 2.05) is 30.3 Å². The summed E-state index contributed by atoms with van der Waals surface area (Å²) in [5, 5.41) is 3.09. The Morgan fingerprint density at radius 1 is 1.00 bits per heavy atom. The first-order chi connectivity index (χ1) is 10.1. The van der Waals surface area contributed by atoms with Crippen molar-refractivity contribution in [2.45, 2.75) is 10.7 Å². The molecule has 112 valence electrons. The van der Waals surface area contributed by atoms with Gasteiger partial charge in [0.25, 0.3) is 0 Å². The Morgan fingerprint density at radius 2 is 1.57 bits per heavy atom. The quantitative estimate of drug-likeness (QED) is 0.602. The van der Waals surface area contributed by atoms with Crippen molar-refractivity contribution >= 4 is 26.0 Å². The van der Waals surface area contributed by atoms with Gasteiger partial charge in [0, 0.05) is 13.1 Å². The summed E-state index contributed by atoms with van der Waals surface area (Å²) in [7, 11) is -3.71. The van der Waals surface area contributed by atoms with Gasteiger partial charge in [-0.05, 0) is 17.7 Å². The van der Waals surface area contributed by atoms with Gasteiger partial charge < -0.3 is 9.50 Å². The summed E-state index contributed by atoms with van der Waals surface area (Å²) in [5.41, 5.74) is 1.10. The first-order valence-electron chi connectivity index (χ1n) is 6.45. The number of rotatable bonds is 7. The highest BCUT2D eigenvalue weighted by Crippen LogP contribution is 2.17. The monoisotopic (exact) mass is 369 g/mol. The second-order valence-electron chi connectivity index (χ2n) is 4.42. The Bertz CT molecular complexity index is 647. The molecule has 0 aliphatic rings. The fourth-order valence-corrected chi connectivity index (χ4v) is 2.95. The number of para-hydroxylation sites is 1. The van der Waals surface area contributed by atoms with E-state index in [-0.39, 0.29) is 6.54 Å². The van der Waals surface area contributed by atoms with Crippen LogP contribution in [-0.4, -0.2) is 19.1 Å². The van der Waals surface area contributed by atoms with Gasteiger partial charge in [-0.2, -0.15) is 8.42 Å². The largest absolute Gasteiger partial charge is 0.382 e. The third-order valence-electron chi connectivity index (χ3n) is 2.75. The van der Waals surface area contributed by atoms with Crippen molar-refractivity contribution in [3.8, 4) is 5.75 Å². The van der Waals surface area contributed by atoms with Gasteiger partial charge in [-0.1, -0.05) is 64.5 Å². The molecule has 0 aliphatic carbocycles. The van der Waals surface area contributed by atoms with Gasteiger partial charge in [0.05, 0.1) is 0 Å². The summed E-state index contributed by atoms with van der Waals surface area (Å²) >= 11 is 3.15. The molecule has 2 aromatic carbocycles. The van der Waals surface area contributed by atoms with Crippen LogP contribution in [0.2, 0.25) is 0 Å². The van der Waals surface area contributed by atoms with Crippen LogP contribution in [0.4, 0.5) is 0 Å². The van der Waals surface area contributed by atoms with Gasteiger partial charge in [-0.15, -0.1) is 0 Å². The van der Waals surface area contributed by atoms with Crippen LogP contribution in [0, 0.1) is 0 Å².